The fourth-order valence-corrected chi connectivity index (χ4v) is 5.21. The van der Waals surface area contributed by atoms with Crippen molar-refractivity contribution in [3.05, 3.63) is 34.0 Å². The average molecular weight is 490 g/mol. The minimum atomic E-state index is -0.294. The molecule has 2 aromatic rings. The van der Waals surface area contributed by atoms with Crippen molar-refractivity contribution in [1.82, 2.24) is 14.7 Å². The average Bonchev–Trinajstić information content (AvgIpc) is 3.25. The molecule has 1 amide bonds. The van der Waals surface area contributed by atoms with Crippen molar-refractivity contribution in [2.75, 3.05) is 56.8 Å². The monoisotopic (exact) mass is 489 g/mol. The van der Waals surface area contributed by atoms with Gasteiger partial charge in [0, 0.05) is 62.6 Å². The first-order valence-electron chi connectivity index (χ1n) is 12.3. The summed E-state index contributed by atoms with van der Waals surface area (Å²) in [7, 11) is 3.55. The number of nitrogens with zero attached hydrogens (tertiary/aromatic N) is 5. The van der Waals surface area contributed by atoms with Gasteiger partial charge < -0.3 is 24.2 Å². The topological polar surface area (TPSA) is 63.1 Å². The van der Waals surface area contributed by atoms with Crippen molar-refractivity contribution in [2.24, 2.45) is 0 Å². The molecular weight excluding hydrogens is 454 g/mol. The zero-order valence-electron chi connectivity index (χ0n) is 20.9. The molecular formula is C25H36ClN5O3. The number of halogens is 1. The number of carbonyl (C=O) groups is 1. The molecule has 3 aliphatic rings. The molecule has 9 heteroatoms. The van der Waals surface area contributed by atoms with Crippen molar-refractivity contribution in [3.8, 4) is 0 Å². The Balaban J connectivity index is 0.00000133. The number of rotatable bonds is 2. The maximum atomic E-state index is 12.3. The predicted molar refractivity (Wildman–Crippen MR) is 136 cm³/mol. The highest BCUT2D eigenvalue weighted by molar-refractivity contribution is 6.31. The summed E-state index contributed by atoms with van der Waals surface area (Å²) >= 11 is 6.55. The summed E-state index contributed by atoms with van der Waals surface area (Å²) in [6.45, 7) is 10.4. The van der Waals surface area contributed by atoms with Crippen LogP contribution in [0, 0.1) is 6.92 Å². The van der Waals surface area contributed by atoms with Gasteiger partial charge in [0.1, 0.15) is 0 Å². The number of carbonyl (C=O) groups excluding carboxylic acids is 1. The van der Waals surface area contributed by atoms with Gasteiger partial charge in [-0.3, -0.25) is 4.68 Å². The highest BCUT2D eigenvalue weighted by atomic mass is 35.5. The Bertz CT molecular complexity index is 1030. The largest absolute Gasteiger partial charge is 0.453 e. The van der Waals surface area contributed by atoms with Crippen molar-refractivity contribution < 1.29 is 14.3 Å². The third-order valence-corrected chi connectivity index (χ3v) is 7.31. The summed E-state index contributed by atoms with van der Waals surface area (Å²) < 4.78 is 12.8. The summed E-state index contributed by atoms with van der Waals surface area (Å²) in [4.78, 5) is 18.6. The van der Waals surface area contributed by atoms with Crippen molar-refractivity contribution in [1.29, 1.82) is 0 Å². The number of benzene rings is 1. The Hall–Kier alpha value is -2.45. The van der Waals surface area contributed by atoms with Crippen LogP contribution in [0.15, 0.2) is 12.1 Å². The van der Waals surface area contributed by atoms with E-state index in [2.05, 4.69) is 27.6 Å². The van der Waals surface area contributed by atoms with Crippen LogP contribution >= 0.6 is 11.6 Å². The van der Waals surface area contributed by atoms with E-state index in [1.54, 1.807) is 4.90 Å². The molecule has 0 spiro atoms. The van der Waals surface area contributed by atoms with Gasteiger partial charge in [-0.1, -0.05) is 25.4 Å². The zero-order valence-corrected chi connectivity index (χ0v) is 21.7. The Labute approximate surface area is 207 Å². The fraction of sp³-hybridized carbons (Fsp3) is 0.600. The molecule has 1 aromatic carbocycles. The number of hydrogen-bond acceptors (Lipinski definition) is 6. The molecule has 1 saturated heterocycles. The van der Waals surface area contributed by atoms with Crippen molar-refractivity contribution in [3.63, 3.8) is 0 Å². The lowest BCUT2D eigenvalue weighted by Crippen LogP contribution is -2.39. The zero-order chi connectivity index (χ0) is 24.4. The molecule has 8 nitrogen and oxygen atoms in total. The third-order valence-electron chi connectivity index (χ3n) is 6.91. The van der Waals surface area contributed by atoms with Gasteiger partial charge in [0.05, 0.1) is 31.1 Å². The number of methoxy groups -OCH3 is 1. The van der Waals surface area contributed by atoms with Gasteiger partial charge in [0.2, 0.25) is 0 Å². The lowest BCUT2D eigenvalue weighted by molar-refractivity contribution is 0.0649. The molecule has 1 aromatic heterocycles. The van der Waals surface area contributed by atoms with E-state index in [4.69, 9.17) is 26.2 Å². The summed E-state index contributed by atoms with van der Waals surface area (Å²) in [5, 5.41) is 5.93. The number of fused-ring (bicyclic) bond motifs is 2. The van der Waals surface area contributed by atoms with Crippen molar-refractivity contribution >= 4 is 34.9 Å². The standard InChI is InChI=1S/C23H30ClN5O3.C2H6/c1-15-12-20-21(13-18(15)24)28(9-8-26(20)2)22-17-14-27(23(30)31-3)7-4-19(17)29(25-22)16-5-10-32-11-6-16;1-2/h12-13,16H,4-11,14H2,1-3H3;1-2H3. The van der Waals surface area contributed by atoms with E-state index in [0.717, 1.165) is 78.9 Å². The smallest absolute Gasteiger partial charge is 0.409 e. The molecule has 34 heavy (non-hydrogen) atoms. The van der Waals surface area contributed by atoms with E-state index >= 15 is 0 Å². The fourth-order valence-electron chi connectivity index (χ4n) is 5.05. The second-order valence-electron chi connectivity index (χ2n) is 8.84. The van der Waals surface area contributed by atoms with E-state index < -0.39 is 0 Å². The minimum Gasteiger partial charge on any atom is -0.453 e. The molecule has 4 heterocycles. The number of ether oxygens (including phenoxy) is 2. The van der Waals surface area contributed by atoms with Crippen LogP contribution in [0.5, 0.6) is 0 Å². The van der Waals surface area contributed by atoms with Crippen LogP contribution in [0.1, 0.15) is 49.6 Å². The Morgan fingerprint density at radius 3 is 2.59 bits per heavy atom. The maximum absolute atomic E-state index is 12.3. The van der Waals surface area contributed by atoms with E-state index in [-0.39, 0.29) is 6.09 Å². The van der Waals surface area contributed by atoms with Crippen LogP contribution in [0.4, 0.5) is 22.0 Å². The highest BCUT2D eigenvalue weighted by Gasteiger charge is 2.34. The molecule has 0 aliphatic carbocycles. The predicted octanol–water partition coefficient (Wildman–Crippen LogP) is 4.94. The lowest BCUT2D eigenvalue weighted by Gasteiger charge is -2.37. The normalized spacial score (nSPS) is 18.1. The molecule has 3 aliphatic heterocycles. The van der Waals surface area contributed by atoms with E-state index in [1.807, 2.05) is 26.8 Å². The van der Waals surface area contributed by atoms with Crippen molar-refractivity contribution in [2.45, 2.75) is 52.6 Å². The lowest BCUT2D eigenvalue weighted by atomic mass is 10.0. The Morgan fingerprint density at radius 2 is 1.88 bits per heavy atom. The Kier molecular flexibility index (Phi) is 7.57. The molecule has 0 N–H and O–H groups in total. The third kappa shape index (κ3) is 4.45. The van der Waals surface area contributed by atoms with Gasteiger partial charge >= 0.3 is 6.09 Å². The van der Waals surface area contributed by atoms with Gasteiger partial charge in [-0.25, -0.2) is 4.79 Å². The Morgan fingerprint density at radius 1 is 1.15 bits per heavy atom. The van der Waals surface area contributed by atoms with E-state index in [0.29, 0.717) is 19.1 Å². The van der Waals surface area contributed by atoms with Gasteiger partial charge in [-0.2, -0.15) is 5.10 Å². The molecule has 0 bridgehead atoms. The van der Waals surface area contributed by atoms with Crippen LogP contribution in [0.2, 0.25) is 5.02 Å². The summed E-state index contributed by atoms with van der Waals surface area (Å²) in [6.07, 6.45) is 2.39. The molecule has 1 fully saturated rings. The molecule has 0 saturated carbocycles. The van der Waals surface area contributed by atoms with Crippen LogP contribution < -0.4 is 9.80 Å². The first kappa shape index (κ1) is 24.7. The maximum Gasteiger partial charge on any atom is 0.409 e. The first-order chi connectivity index (χ1) is 16.5. The summed E-state index contributed by atoms with van der Waals surface area (Å²) in [5.41, 5.74) is 5.61. The van der Waals surface area contributed by atoms with Crippen LogP contribution in [0.25, 0.3) is 0 Å². The van der Waals surface area contributed by atoms with Gasteiger partial charge in [0.15, 0.2) is 5.82 Å². The number of anilines is 3. The molecule has 186 valence electrons. The van der Waals surface area contributed by atoms with Gasteiger partial charge in [-0.05, 0) is 37.5 Å². The van der Waals surface area contributed by atoms with Crippen LogP contribution in [-0.4, -0.2) is 67.8 Å². The van der Waals surface area contributed by atoms with E-state index in [1.165, 1.54) is 12.8 Å². The first-order valence-corrected chi connectivity index (χ1v) is 12.7. The number of aryl methyl sites for hydroxylation is 1. The highest BCUT2D eigenvalue weighted by Crippen LogP contribution is 2.43. The molecule has 0 unspecified atom stereocenters. The molecule has 0 radical (unpaired) electrons. The number of hydrogen-bond donors (Lipinski definition) is 0. The number of likely N-dealkylation sites (N-methyl/N-ethyl adjacent to an activating group) is 1. The second kappa shape index (κ2) is 10.4. The SMILES string of the molecule is CC.COC(=O)N1CCc2c(c(N3CCN(C)c4cc(C)c(Cl)cc43)nn2C2CCOCC2)C1. The molecule has 0 atom stereocenters. The van der Waals surface area contributed by atoms with E-state index in [9.17, 15) is 4.79 Å². The van der Waals surface area contributed by atoms with Crippen LogP contribution in [0.3, 0.4) is 0 Å². The number of amides is 1. The van der Waals surface area contributed by atoms with Gasteiger partial charge in [-0.15, -0.1) is 0 Å². The minimum absolute atomic E-state index is 0.294. The van der Waals surface area contributed by atoms with Gasteiger partial charge in [0.25, 0.3) is 0 Å². The number of aromatic nitrogens is 2. The quantitative estimate of drug-likeness (QED) is 0.595. The molecule has 5 rings (SSSR count). The summed E-state index contributed by atoms with van der Waals surface area (Å²) in [6, 6.07) is 4.51. The summed E-state index contributed by atoms with van der Waals surface area (Å²) in [5.74, 6) is 0.925. The van der Waals surface area contributed by atoms with Crippen LogP contribution in [-0.2, 0) is 22.4 Å². The second-order valence-corrected chi connectivity index (χ2v) is 9.25.